The van der Waals surface area contributed by atoms with Gasteiger partial charge in [0.05, 0.1) is 6.61 Å². The molecule has 0 rings (SSSR count). The summed E-state index contributed by atoms with van der Waals surface area (Å²) in [7, 11) is 0. The maximum absolute atomic E-state index is 11.0. The average Bonchev–Trinajstić information content (AvgIpc) is 2.13. The van der Waals surface area contributed by atoms with E-state index in [1.807, 2.05) is 0 Å². The van der Waals surface area contributed by atoms with E-state index in [0.717, 1.165) is 17.3 Å². The lowest BCUT2D eigenvalue weighted by Gasteiger charge is -2.00. The molecule has 0 unspecified atom stereocenters. The monoisotopic (exact) mass is 262 g/mol. The molecule has 0 aliphatic heterocycles. The van der Waals surface area contributed by atoms with E-state index in [9.17, 15) is 4.79 Å². The van der Waals surface area contributed by atoms with Crippen molar-refractivity contribution in [1.29, 1.82) is 0 Å². The van der Waals surface area contributed by atoms with Gasteiger partial charge in [0, 0.05) is 10.6 Å². The molecule has 0 saturated heterocycles. The van der Waals surface area contributed by atoms with Crippen molar-refractivity contribution in [2.45, 2.75) is 46.0 Å². The molecule has 0 aliphatic rings. The highest BCUT2D eigenvalue weighted by atomic mass is 79.9. The van der Waals surface area contributed by atoms with Crippen molar-refractivity contribution in [3.63, 3.8) is 0 Å². The molecule has 2 nitrogen and oxygen atoms in total. The highest BCUT2D eigenvalue weighted by molar-refractivity contribution is 9.11. The Balaban J connectivity index is 3.60. The van der Waals surface area contributed by atoms with Crippen molar-refractivity contribution in [3.05, 3.63) is 10.6 Å². The number of hydrogen-bond acceptors (Lipinski definition) is 2. The minimum atomic E-state index is -0.255. The number of allylic oxidation sites excluding steroid dienone is 1. The van der Waals surface area contributed by atoms with Crippen molar-refractivity contribution in [3.8, 4) is 0 Å². The van der Waals surface area contributed by atoms with Gasteiger partial charge in [-0.15, -0.1) is 0 Å². The predicted octanol–water partition coefficient (Wildman–Crippen LogP) is 3.80. The number of carbonyl (C=O) groups excluding carboxylic acids is 1. The summed E-state index contributed by atoms with van der Waals surface area (Å²) in [5, 5.41) is 0. The summed E-state index contributed by atoms with van der Waals surface area (Å²) in [5.41, 5.74) is 0. The predicted molar refractivity (Wildman–Crippen MR) is 62.4 cm³/mol. The zero-order valence-electron chi connectivity index (χ0n) is 9.01. The Kier molecular flexibility index (Phi) is 9.05. The molecule has 0 aromatic carbocycles. The molecule has 0 fully saturated rings. The third-order valence-corrected chi connectivity index (χ3v) is 2.46. The third-order valence-electron chi connectivity index (χ3n) is 1.83. The zero-order chi connectivity index (χ0) is 10.8. The highest BCUT2D eigenvalue weighted by Gasteiger charge is 1.99. The summed E-state index contributed by atoms with van der Waals surface area (Å²) < 4.78 is 5.73. The van der Waals surface area contributed by atoms with E-state index in [2.05, 4.69) is 22.9 Å². The maximum Gasteiger partial charge on any atom is 0.331 e. The van der Waals surface area contributed by atoms with Gasteiger partial charge >= 0.3 is 5.97 Å². The SMILES string of the molecule is CCCCCC/C(Br)=C/C(=O)OCC. The Labute approximate surface area is 94.8 Å². The fourth-order valence-electron chi connectivity index (χ4n) is 1.10. The Hall–Kier alpha value is -0.310. The van der Waals surface area contributed by atoms with E-state index in [4.69, 9.17) is 4.74 Å². The molecule has 0 aliphatic carbocycles. The lowest BCUT2D eigenvalue weighted by molar-refractivity contribution is -0.137. The largest absolute Gasteiger partial charge is 0.463 e. The molecule has 0 heterocycles. The van der Waals surface area contributed by atoms with Crippen LogP contribution < -0.4 is 0 Å². The zero-order valence-corrected chi connectivity index (χ0v) is 10.6. The van der Waals surface area contributed by atoms with Crippen LogP contribution in [-0.4, -0.2) is 12.6 Å². The number of halogens is 1. The Morgan fingerprint density at radius 3 is 2.57 bits per heavy atom. The van der Waals surface area contributed by atoms with Crippen LogP contribution in [0.5, 0.6) is 0 Å². The minimum Gasteiger partial charge on any atom is -0.463 e. The van der Waals surface area contributed by atoms with Crippen LogP contribution in [0.25, 0.3) is 0 Å². The summed E-state index contributed by atoms with van der Waals surface area (Å²) in [5.74, 6) is -0.255. The van der Waals surface area contributed by atoms with Gasteiger partial charge in [0.25, 0.3) is 0 Å². The van der Waals surface area contributed by atoms with Crippen molar-refractivity contribution in [1.82, 2.24) is 0 Å². The van der Waals surface area contributed by atoms with E-state index in [1.165, 1.54) is 25.3 Å². The van der Waals surface area contributed by atoms with E-state index in [1.54, 1.807) is 6.92 Å². The van der Waals surface area contributed by atoms with Gasteiger partial charge in [0.2, 0.25) is 0 Å². The smallest absolute Gasteiger partial charge is 0.331 e. The molecule has 0 saturated carbocycles. The van der Waals surface area contributed by atoms with Gasteiger partial charge in [-0.3, -0.25) is 0 Å². The van der Waals surface area contributed by atoms with E-state index >= 15 is 0 Å². The molecular formula is C11H19BrO2. The molecule has 14 heavy (non-hydrogen) atoms. The maximum atomic E-state index is 11.0. The van der Waals surface area contributed by atoms with Gasteiger partial charge in [0.1, 0.15) is 0 Å². The average molecular weight is 263 g/mol. The lowest BCUT2D eigenvalue weighted by atomic mass is 10.1. The first-order chi connectivity index (χ1) is 6.70. The lowest BCUT2D eigenvalue weighted by Crippen LogP contribution is -1.99. The molecule has 0 aromatic heterocycles. The number of hydrogen-bond donors (Lipinski definition) is 0. The van der Waals surface area contributed by atoms with Gasteiger partial charge in [-0.25, -0.2) is 4.79 Å². The first kappa shape index (κ1) is 13.7. The number of ether oxygens (including phenoxy) is 1. The minimum absolute atomic E-state index is 0.255. The van der Waals surface area contributed by atoms with Crippen molar-refractivity contribution in [2.75, 3.05) is 6.61 Å². The van der Waals surface area contributed by atoms with Crippen LogP contribution in [0.15, 0.2) is 10.6 Å². The van der Waals surface area contributed by atoms with Crippen molar-refractivity contribution >= 4 is 21.9 Å². The van der Waals surface area contributed by atoms with Crippen molar-refractivity contribution < 1.29 is 9.53 Å². The quantitative estimate of drug-likeness (QED) is 0.396. The summed E-state index contributed by atoms with van der Waals surface area (Å²) in [4.78, 5) is 11.0. The second kappa shape index (κ2) is 9.25. The van der Waals surface area contributed by atoms with Crippen LogP contribution in [-0.2, 0) is 9.53 Å². The fraction of sp³-hybridized carbons (Fsp3) is 0.727. The Morgan fingerprint density at radius 1 is 1.29 bits per heavy atom. The van der Waals surface area contributed by atoms with Crippen LogP contribution in [0.4, 0.5) is 0 Å². The molecule has 82 valence electrons. The number of rotatable bonds is 7. The summed E-state index contributed by atoms with van der Waals surface area (Å²) in [6.45, 7) is 4.43. The molecule has 0 atom stereocenters. The van der Waals surface area contributed by atoms with Gasteiger partial charge < -0.3 is 4.74 Å². The topological polar surface area (TPSA) is 26.3 Å². The second-order valence-corrected chi connectivity index (χ2v) is 4.17. The first-order valence-corrected chi connectivity index (χ1v) is 6.02. The second-order valence-electron chi connectivity index (χ2n) is 3.15. The van der Waals surface area contributed by atoms with E-state index in [0.29, 0.717) is 6.61 Å². The van der Waals surface area contributed by atoms with Crippen LogP contribution in [0.1, 0.15) is 46.0 Å². The standard InChI is InChI=1S/C11H19BrO2/c1-3-5-6-7-8-10(12)9-11(13)14-4-2/h9H,3-8H2,1-2H3/b10-9-. The van der Waals surface area contributed by atoms with Gasteiger partial charge in [0.15, 0.2) is 0 Å². The van der Waals surface area contributed by atoms with E-state index < -0.39 is 0 Å². The first-order valence-electron chi connectivity index (χ1n) is 5.23. The van der Waals surface area contributed by atoms with Crippen LogP contribution >= 0.6 is 15.9 Å². The molecule has 0 spiro atoms. The molecule has 0 bridgehead atoms. The third kappa shape index (κ3) is 8.30. The highest BCUT2D eigenvalue weighted by Crippen LogP contribution is 2.15. The summed E-state index contributed by atoms with van der Waals surface area (Å²) in [6, 6.07) is 0. The van der Waals surface area contributed by atoms with Crippen LogP contribution in [0.2, 0.25) is 0 Å². The van der Waals surface area contributed by atoms with Gasteiger partial charge in [-0.05, 0) is 19.8 Å². The molecule has 0 N–H and O–H groups in total. The Bertz CT molecular complexity index is 188. The van der Waals surface area contributed by atoms with E-state index in [-0.39, 0.29) is 5.97 Å². The molecule has 0 amide bonds. The van der Waals surface area contributed by atoms with Crippen LogP contribution in [0.3, 0.4) is 0 Å². The van der Waals surface area contributed by atoms with Crippen molar-refractivity contribution in [2.24, 2.45) is 0 Å². The number of carbonyl (C=O) groups is 1. The summed E-state index contributed by atoms with van der Waals surface area (Å²) >= 11 is 3.36. The molecular weight excluding hydrogens is 244 g/mol. The Morgan fingerprint density at radius 2 is 2.00 bits per heavy atom. The van der Waals surface area contributed by atoms with Gasteiger partial charge in [-0.1, -0.05) is 42.1 Å². The van der Waals surface area contributed by atoms with Gasteiger partial charge in [-0.2, -0.15) is 0 Å². The normalized spacial score (nSPS) is 11.5. The number of unbranched alkanes of at least 4 members (excludes halogenated alkanes) is 3. The number of esters is 1. The summed E-state index contributed by atoms with van der Waals surface area (Å²) in [6.07, 6.45) is 7.31. The molecule has 3 heteroatoms. The molecule has 0 aromatic rings. The fourth-order valence-corrected chi connectivity index (χ4v) is 1.57. The molecule has 0 radical (unpaired) electrons. The van der Waals surface area contributed by atoms with Crippen LogP contribution in [0, 0.1) is 0 Å².